The molecule has 10 heteroatoms. The van der Waals surface area contributed by atoms with Crippen molar-refractivity contribution in [3.8, 4) is 11.1 Å². The van der Waals surface area contributed by atoms with Gasteiger partial charge < -0.3 is 24.3 Å². The minimum atomic E-state index is -0.696. The predicted octanol–water partition coefficient (Wildman–Crippen LogP) is 6.52. The smallest absolute Gasteiger partial charge is 0.407 e. The zero-order chi connectivity index (χ0) is 33.5. The molecular formula is C35H42N2O8. The molecule has 1 N–H and O–H groups in total. The summed E-state index contributed by atoms with van der Waals surface area (Å²) in [4.78, 5) is 56.0. The summed E-state index contributed by atoms with van der Waals surface area (Å²) in [6.45, 7) is 13.0. The largest absolute Gasteiger partial charge is 0.465 e. The van der Waals surface area contributed by atoms with Crippen molar-refractivity contribution in [2.24, 2.45) is 5.92 Å². The first-order chi connectivity index (χ1) is 21.1. The van der Waals surface area contributed by atoms with Crippen LogP contribution in [0.3, 0.4) is 0 Å². The van der Waals surface area contributed by atoms with Crippen molar-refractivity contribution in [3.05, 3.63) is 87.2 Å². The van der Waals surface area contributed by atoms with Gasteiger partial charge in [-0.05, 0) is 64.7 Å². The Morgan fingerprint density at radius 2 is 1.53 bits per heavy atom. The molecule has 0 bridgehead atoms. The number of nitrogens with zero attached hydrogens (tertiary/aromatic N) is 1. The number of ether oxygens (including phenoxy) is 4. The van der Waals surface area contributed by atoms with Gasteiger partial charge in [0.15, 0.2) is 0 Å². The van der Waals surface area contributed by atoms with Gasteiger partial charge in [0.05, 0.1) is 36.6 Å². The minimum Gasteiger partial charge on any atom is -0.465 e. The maximum atomic E-state index is 13.9. The number of carbonyl (C=O) groups excluding carboxylic acids is 4. The molecule has 0 radical (unpaired) electrons. The second kappa shape index (κ2) is 14.8. The molecular weight excluding hydrogens is 576 g/mol. The van der Waals surface area contributed by atoms with E-state index in [0.29, 0.717) is 28.8 Å². The van der Waals surface area contributed by atoms with Crippen LogP contribution in [0.2, 0.25) is 0 Å². The van der Waals surface area contributed by atoms with Gasteiger partial charge in [-0.1, -0.05) is 49.7 Å². The molecule has 1 aromatic heterocycles. The summed E-state index contributed by atoms with van der Waals surface area (Å²) >= 11 is 0. The van der Waals surface area contributed by atoms with Crippen molar-refractivity contribution in [1.29, 1.82) is 0 Å². The maximum Gasteiger partial charge on any atom is 0.407 e. The van der Waals surface area contributed by atoms with Crippen LogP contribution in [0.15, 0.2) is 42.5 Å². The Morgan fingerprint density at radius 3 is 2.11 bits per heavy atom. The average Bonchev–Trinajstić information content (AvgIpc) is 2.97. The average molecular weight is 619 g/mol. The number of aryl methyl sites for hydroxylation is 2. The first-order valence-corrected chi connectivity index (χ1v) is 14.7. The molecule has 0 aliphatic heterocycles. The SMILES string of the molecule is COC(=O)c1ccc(COC(=O)c2c(C)nc(CC(C)C)c(CNC(=O)OC(C)(C)C)c2-c2ccc(C)cc2)c(C(=O)OC)c1. The third kappa shape index (κ3) is 9.14. The van der Waals surface area contributed by atoms with Crippen LogP contribution in [0.4, 0.5) is 4.79 Å². The fourth-order valence-electron chi connectivity index (χ4n) is 4.77. The predicted molar refractivity (Wildman–Crippen MR) is 169 cm³/mol. The van der Waals surface area contributed by atoms with E-state index in [2.05, 4.69) is 19.2 Å². The Bertz CT molecular complexity index is 1570. The molecule has 1 heterocycles. The van der Waals surface area contributed by atoms with Crippen molar-refractivity contribution < 1.29 is 38.1 Å². The van der Waals surface area contributed by atoms with Crippen molar-refractivity contribution >= 4 is 24.0 Å². The van der Waals surface area contributed by atoms with E-state index >= 15 is 0 Å². The zero-order valence-electron chi connectivity index (χ0n) is 27.5. The molecule has 0 aliphatic carbocycles. The van der Waals surface area contributed by atoms with Gasteiger partial charge in [-0.3, -0.25) is 4.98 Å². The molecule has 0 saturated carbocycles. The van der Waals surface area contributed by atoms with Crippen LogP contribution >= 0.6 is 0 Å². The number of alkyl carbamates (subject to hydrolysis) is 1. The van der Waals surface area contributed by atoms with Crippen molar-refractivity contribution in [3.63, 3.8) is 0 Å². The second-order valence-electron chi connectivity index (χ2n) is 12.1. The standard InChI is InChI=1S/C35H42N2O8/c1-20(2)16-28-27(18-36-34(41)45-35(5,6)7)30(23-12-10-21(3)11-13-23)29(22(4)37-28)33(40)44-19-25-15-14-24(31(38)42-8)17-26(25)32(39)43-9/h10-15,17,20H,16,18-19H2,1-9H3,(H,36,41). The van der Waals surface area contributed by atoms with Gasteiger partial charge >= 0.3 is 24.0 Å². The first-order valence-electron chi connectivity index (χ1n) is 14.7. The number of nitrogens with one attached hydrogen (secondary N) is 1. The summed E-state index contributed by atoms with van der Waals surface area (Å²) in [5.74, 6) is -1.75. The summed E-state index contributed by atoms with van der Waals surface area (Å²) in [5.41, 5.74) is 4.36. The van der Waals surface area contributed by atoms with Crippen LogP contribution < -0.4 is 5.32 Å². The van der Waals surface area contributed by atoms with Crippen LogP contribution in [0.1, 0.15) is 93.8 Å². The van der Waals surface area contributed by atoms with Gasteiger partial charge in [0.2, 0.25) is 0 Å². The molecule has 3 rings (SSSR count). The van der Waals surface area contributed by atoms with Gasteiger partial charge in [0.1, 0.15) is 12.2 Å². The van der Waals surface area contributed by atoms with Crippen molar-refractivity contribution in [1.82, 2.24) is 10.3 Å². The maximum absolute atomic E-state index is 13.9. The van der Waals surface area contributed by atoms with Crippen LogP contribution in [0, 0.1) is 19.8 Å². The molecule has 240 valence electrons. The zero-order valence-corrected chi connectivity index (χ0v) is 27.5. The number of carbonyl (C=O) groups is 4. The molecule has 0 fully saturated rings. The highest BCUT2D eigenvalue weighted by atomic mass is 16.6. The van der Waals surface area contributed by atoms with E-state index in [9.17, 15) is 19.2 Å². The number of rotatable bonds is 10. The van der Waals surface area contributed by atoms with Crippen LogP contribution in [0.25, 0.3) is 11.1 Å². The van der Waals surface area contributed by atoms with E-state index in [1.165, 1.54) is 32.4 Å². The van der Waals surface area contributed by atoms with Gasteiger partial charge in [-0.25, -0.2) is 19.2 Å². The lowest BCUT2D eigenvalue weighted by Gasteiger charge is -2.23. The van der Waals surface area contributed by atoms with Crippen LogP contribution in [0.5, 0.6) is 0 Å². The lowest BCUT2D eigenvalue weighted by Crippen LogP contribution is -2.33. The number of methoxy groups -OCH3 is 2. The summed E-state index contributed by atoms with van der Waals surface area (Å²) < 4.78 is 20.9. The van der Waals surface area contributed by atoms with Gasteiger partial charge in [-0.15, -0.1) is 0 Å². The lowest BCUT2D eigenvalue weighted by molar-refractivity contribution is 0.0459. The molecule has 45 heavy (non-hydrogen) atoms. The molecule has 0 atom stereocenters. The number of pyridine rings is 1. The Hall–Kier alpha value is -4.73. The summed E-state index contributed by atoms with van der Waals surface area (Å²) in [7, 11) is 2.46. The van der Waals surface area contributed by atoms with E-state index in [0.717, 1.165) is 16.8 Å². The Morgan fingerprint density at radius 1 is 0.889 bits per heavy atom. The number of esters is 3. The van der Waals surface area contributed by atoms with Crippen molar-refractivity contribution in [2.75, 3.05) is 14.2 Å². The molecule has 0 aliphatic rings. The fourth-order valence-corrected chi connectivity index (χ4v) is 4.77. The molecule has 0 saturated heterocycles. The van der Waals surface area contributed by atoms with Crippen molar-refractivity contribution in [2.45, 2.75) is 73.6 Å². The number of benzene rings is 2. The normalized spacial score (nSPS) is 11.2. The van der Waals surface area contributed by atoms with E-state index in [1.54, 1.807) is 27.7 Å². The Labute approximate surface area is 264 Å². The highest BCUT2D eigenvalue weighted by Gasteiger charge is 2.27. The monoisotopic (exact) mass is 618 g/mol. The van der Waals surface area contributed by atoms with Crippen LogP contribution in [-0.2, 0) is 38.5 Å². The van der Waals surface area contributed by atoms with E-state index in [4.69, 9.17) is 23.9 Å². The van der Waals surface area contributed by atoms with Crippen LogP contribution in [-0.4, -0.2) is 48.8 Å². The first kappa shape index (κ1) is 34.8. The highest BCUT2D eigenvalue weighted by molar-refractivity contribution is 6.00. The Kier molecular flexibility index (Phi) is 11.5. The highest BCUT2D eigenvalue weighted by Crippen LogP contribution is 2.34. The second-order valence-corrected chi connectivity index (χ2v) is 12.1. The summed E-state index contributed by atoms with van der Waals surface area (Å²) in [6, 6.07) is 12.0. The summed E-state index contributed by atoms with van der Waals surface area (Å²) in [5, 5.41) is 2.84. The number of amides is 1. The minimum absolute atomic E-state index is 0.0647. The van der Waals surface area contributed by atoms with Gasteiger partial charge in [-0.2, -0.15) is 0 Å². The van der Waals surface area contributed by atoms with E-state index < -0.39 is 29.6 Å². The molecule has 10 nitrogen and oxygen atoms in total. The Balaban J connectivity index is 2.12. The third-order valence-electron chi connectivity index (χ3n) is 6.81. The number of hydrogen-bond donors (Lipinski definition) is 1. The summed E-state index contributed by atoms with van der Waals surface area (Å²) in [6.07, 6.45) is 0.0124. The number of aromatic nitrogens is 1. The van der Waals surface area contributed by atoms with E-state index in [1.807, 2.05) is 31.2 Å². The molecule has 0 unspecified atom stereocenters. The fraction of sp³-hybridized carbons (Fsp3) is 0.400. The lowest BCUT2D eigenvalue weighted by atomic mass is 9.89. The number of hydrogen-bond acceptors (Lipinski definition) is 9. The molecule has 0 spiro atoms. The molecule has 1 amide bonds. The molecule has 3 aromatic rings. The van der Waals surface area contributed by atoms with E-state index in [-0.39, 0.29) is 35.8 Å². The van der Waals surface area contributed by atoms with Gasteiger partial charge in [0.25, 0.3) is 0 Å². The van der Waals surface area contributed by atoms with Gasteiger partial charge in [0, 0.05) is 28.9 Å². The topological polar surface area (TPSA) is 130 Å². The third-order valence-corrected chi connectivity index (χ3v) is 6.81. The molecule has 2 aromatic carbocycles. The quantitative estimate of drug-likeness (QED) is 0.199.